The Morgan fingerprint density at radius 1 is 1.06 bits per heavy atom. The van der Waals surface area contributed by atoms with Crippen molar-refractivity contribution >= 4 is 54.9 Å². The third kappa shape index (κ3) is 5.08. The molecule has 2 aromatic carbocycles. The molecule has 11 heteroatoms. The number of hydrogen-bond acceptors (Lipinski definition) is 7. The number of carbonyl (C=O) groups is 1. The Bertz CT molecular complexity index is 1470. The summed E-state index contributed by atoms with van der Waals surface area (Å²) in [7, 11) is -3.49. The van der Waals surface area contributed by atoms with E-state index in [-0.39, 0.29) is 22.4 Å². The molecule has 3 heterocycles. The van der Waals surface area contributed by atoms with Crippen LogP contribution in [0.1, 0.15) is 12.8 Å². The molecule has 0 unspecified atom stereocenters. The van der Waals surface area contributed by atoms with Gasteiger partial charge in [-0.05, 0) is 54.8 Å². The van der Waals surface area contributed by atoms with Crippen LogP contribution in [0.5, 0.6) is 0 Å². The van der Waals surface area contributed by atoms with Gasteiger partial charge in [0.1, 0.15) is 22.0 Å². The van der Waals surface area contributed by atoms with E-state index in [9.17, 15) is 17.6 Å². The quantitative estimate of drug-likeness (QED) is 0.268. The average Bonchev–Trinajstić information content (AvgIpc) is 3.55. The van der Waals surface area contributed by atoms with Gasteiger partial charge in [0.2, 0.25) is 15.9 Å². The van der Waals surface area contributed by atoms with E-state index in [1.54, 1.807) is 24.3 Å². The molecule has 0 spiro atoms. The second-order valence-corrected chi connectivity index (χ2v) is 11.7. The number of nitrogens with zero attached hydrogens (tertiary/aromatic N) is 3. The summed E-state index contributed by atoms with van der Waals surface area (Å²) in [5.41, 5.74) is 2.26. The second-order valence-electron chi connectivity index (χ2n) is 7.99. The summed E-state index contributed by atoms with van der Waals surface area (Å²) < 4.78 is 40.2. The fourth-order valence-corrected chi connectivity index (χ4v) is 7.23. The second kappa shape index (κ2) is 10.0. The van der Waals surface area contributed by atoms with Gasteiger partial charge >= 0.3 is 0 Å². The predicted octanol–water partition coefficient (Wildman–Crippen LogP) is 5.01. The molecule has 4 aromatic rings. The van der Waals surface area contributed by atoms with E-state index < -0.39 is 10.0 Å². The zero-order valence-electron chi connectivity index (χ0n) is 18.5. The maximum absolute atomic E-state index is 13.4. The normalized spacial score (nSPS) is 14.4. The number of fused-ring (bicyclic) bond motifs is 1. The van der Waals surface area contributed by atoms with Crippen LogP contribution in [0.15, 0.2) is 70.2 Å². The SMILES string of the molecule is O=C(CSc1ncnc2scc(-c3ccc(F)cc3)c12)Nc1ccc(S(=O)(=O)N2CCCC2)cc1. The van der Waals surface area contributed by atoms with Crippen LogP contribution >= 0.6 is 23.1 Å². The number of aromatic nitrogens is 2. The molecule has 5 rings (SSSR count). The Hall–Kier alpha value is -2.86. The van der Waals surface area contributed by atoms with Crippen LogP contribution in [0.25, 0.3) is 21.3 Å². The molecule has 0 aliphatic carbocycles. The van der Waals surface area contributed by atoms with Gasteiger partial charge in [-0.15, -0.1) is 11.3 Å². The first kappa shape index (κ1) is 23.9. The number of nitrogens with one attached hydrogen (secondary N) is 1. The lowest BCUT2D eigenvalue weighted by Gasteiger charge is -2.15. The number of rotatable bonds is 7. The highest BCUT2D eigenvalue weighted by Crippen LogP contribution is 2.37. The maximum atomic E-state index is 13.4. The van der Waals surface area contributed by atoms with Crippen molar-refractivity contribution < 1.29 is 17.6 Å². The number of anilines is 1. The van der Waals surface area contributed by atoms with Crippen molar-refractivity contribution in [2.24, 2.45) is 0 Å². The van der Waals surface area contributed by atoms with E-state index in [2.05, 4.69) is 15.3 Å². The fourth-order valence-electron chi connectivity index (χ4n) is 3.92. The lowest BCUT2D eigenvalue weighted by molar-refractivity contribution is -0.113. The molecule has 0 atom stereocenters. The number of thiophene rings is 1. The lowest BCUT2D eigenvalue weighted by Crippen LogP contribution is -2.27. The van der Waals surface area contributed by atoms with Crippen LogP contribution in [0.2, 0.25) is 0 Å². The van der Waals surface area contributed by atoms with Gasteiger partial charge in [0.05, 0.1) is 16.0 Å². The summed E-state index contributed by atoms with van der Waals surface area (Å²) in [4.78, 5) is 22.3. The van der Waals surface area contributed by atoms with Gasteiger partial charge in [0.25, 0.3) is 0 Å². The Balaban J connectivity index is 1.27. The molecule has 1 N–H and O–H groups in total. The number of benzene rings is 2. The molecule has 1 fully saturated rings. The van der Waals surface area contributed by atoms with Crippen molar-refractivity contribution in [3.8, 4) is 11.1 Å². The molecule has 1 saturated heterocycles. The number of halogens is 1. The van der Waals surface area contributed by atoms with Gasteiger partial charge < -0.3 is 5.32 Å². The van der Waals surface area contributed by atoms with Crippen molar-refractivity contribution in [1.82, 2.24) is 14.3 Å². The highest BCUT2D eigenvalue weighted by molar-refractivity contribution is 8.00. The number of hydrogen-bond donors (Lipinski definition) is 1. The minimum absolute atomic E-state index is 0.110. The summed E-state index contributed by atoms with van der Waals surface area (Å²) >= 11 is 2.75. The Kier molecular flexibility index (Phi) is 6.83. The highest BCUT2D eigenvalue weighted by atomic mass is 32.2. The van der Waals surface area contributed by atoms with E-state index in [4.69, 9.17) is 0 Å². The van der Waals surface area contributed by atoms with Crippen LogP contribution in [0, 0.1) is 5.82 Å². The molecule has 2 aromatic heterocycles. The van der Waals surface area contributed by atoms with Gasteiger partial charge in [-0.3, -0.25) is 4.79 Å². The molecule has 1 aliphatic rings. The Morgan fingerprint density at radius 3 is 2.49 bits per heavy atom. The zero-order valence-corrected chi connectivity index (χ0v) is 20.9. The summed E-state index contributed by atoms with van der Waals surface area (Å²) in [6.45, 7) is 1.09. The van der Waals surface area contributed by atoms with Gasteiger partial charge in [-0.2, -0.15) is 4.31 Å². The summed E-state index contributed by atoms with van der Waals surface area (Å²) in [6, 6.07) is 12.5. The number of sulfonamides is 1. The predicted molar refractivity (Wildman–Crippen MR) is 137 cm³/mol. The van der Waals surface area contributed by atoms with E-state index in [1.807, 2.05) is 5.38 Å². The molecule has 0 bridgehead atoms. The Labute approximate surface area is 210 Å². The van der Waals surface area contributed by atoms with Gasteiger partial charge in [-0.1, -0.05) is 23.9 Å². The van der Waals surface area contributed by atoms with Crippen LogP contribution in [0.4, 0.5) is 10.1 Å². The summed E-state index contributed by atoms with van der Waals surface area (Å²) in [6.07, 6.45) is 3.22. The number of thioether (sulfide) groups is 1. The first-order chi connectivity index (χ1) is 16.9. The molecular formula is C24H21FN4O3S3. The van der Waals surface area contributed by atoms with Crippen LogP contribution in [0.3, 0.4) is 0 Å². The van der Waals surface area contributed by atoms with E-state index in [0.29, 0.717) is 23.8 Å². The van der Waals surface area contributed by atoms with Crippen molar-refractivity contribution in [1.29, 1.82) is 0 Å². The number of amides is 1. The fraction of sp³-hybridized carbons (Fsp3) is 0.208. The van der Waals surface area contributed by atoms with Gasteiger partial charge in [0, 0.05) is 29.7 Å². The third-order valence-electron chi connectivity index (χ3n) is 5.67. The molecule has 1 amide bonds. The Morgan fingerprint density at radius 2 is 1.77 bits per heavy atom. The summed E-state index contributed by atoms with van der Waals surface area (Å²) in [5.74, 6) is -0.438. The van der Waals surface area contributed by atoms with Crippen molar-refractivity contribution in [2.75, 3.05) is 24.2 Å². The first-order valence-corrected chi connectivity index (χ1v) is 14.2. The minimum atomic E-state index is -3.49. The van der Waals surface area contributed by atoms with Crippen LogP contribution in [-0.4, -0.2) is 47.4 Å². The monoisotopic (exact) mass is 528 g/mol. The minimum Gasteiger partial charge on any atom is -0.325 e. The zero-order chi connectivity index (χ0) is 24.4. The summed E-state index contributed by atoms with van der Waals surface area (Å²) in [5, 5.41) is 6.25. The van der Waals surface area contributed by atoms with Crippen molar-refractivity contribution in [3.63, 3.8) is 0 Å². The standard InChI is InChI=1S/C24H21FN4O3S3/c25-17-5-3-16(4-6-17)20-13-33-23-22(20)24(27-15-26-23)34-14-21(30)28-18-7-9-19(10-8-18)35(31,32)29-11-1-2-12-29/h3-10,13,15H,1-2,11-12,14H2,(H,28,30). The molecule has 0 saturated carbocycles. The van der Waals surface area contributed by atoms with Gasteiger partial charge in [0.15, 0.2) is 0 Å². The number of carbonyl (C=O) groups excluding carboxylic acids is 1. The lowest BCUT2D eigenvalue weighted by atomic mass is 10.1. The van der Waals surface area contributed by atoms with Crippen molar-refractivity contribution in [3.05, 3.63) is 66.1 Å². The maximum Gasteiger partial charge on any atom is 0.243 e. The van der Waals surface area contributed by atoms with Crippen LogP contribution in [-0.2, 0) is 14.8 Å². The highest BCUT2D eigenvalue weighted by Gasteiger charge is 2.27. The van der Waals surface area contributed by atoms with E-state index in [0.717, 1.165) is 34.2 Å². The van der Waals surface area contributed by atoms with Crippen LogP contribution < -0.4 is 5.32 Å². The molecule has 35 heavy (non-hydrogen) atoms. The first-order valence-electron chi connectivity index (χ1n) is 10.9. The average molecular weight is 529 g/mol. The molecule has 1 aliphatic heterocycles. The van der Waals surface area contributed by atoms with E-state index in [1.165, 1.54) is 58.0 Å². The largest absolute Gasteiger partial charge is 0.325 e. The van der Waals surface area contributed by atoms with Gasteiger partial charge in [-0.25, -0.2) is 22.8 Å². The van der Waals surface area contributed by atoms with E-state index >= 15 is 0 Å². The van der Waals surface area contributed by atoms with Crippen molar-refractivity contribution in [2.45, 2.75) is 22.8 Å². The molecule has 0 radical (unpaired) electrons. The third-order valence-corrected chi connectivity index (χ3v) is 9.46. The molecule has 7 nitrogen and oxygen atoms in total. The molecule has 180 valence electrons. The molecular weight excluding hydrogens is 507 g/mol. The topological polar surface area (TPSA) is 92.3 Å². The smallest absolute Gasteiger partial charge is 0.243 e.